The van der Waals surface area contributed by atoms with Crippen molar-refractivity contribution in [3.63, 3.8) is 0 Å². The molecule has 0 radical (unpaired) electrons. The first-order chi connectivity index (χ1) is 12.7. The van der Waals surface area contributed by atoms with Crippen LogP contribution in [0.3, 0.4) is 0 Å². The molecule has 130 valence electrons. The summed E-state index contributed by atoms with van der Waals surface area (Å²) in [5.74, 6) is 8.68. The first-order valence-corrected chi connectivity index (χ1v) is 8.71. The van der Waals surface area contributed by atoms with Crippen LogP contribution in [0.4, 0.5) is 11.5 Å². The molecule has 2 heterocycles. The minimum atomic E-state index is 0.494. The lowest BCUT2D eigenvalue weighted by molar-refractivity contribution is 0.624. The lowest BCUT2D eigenvalue weighted by Crippen LogP contribution is -2.11. The molecule has 0 aliphatic heterocycles. The Labute approximate surface area is 152 Å². The molecule has 26 heavy (non-hydrogen) atoms. The maximum Gasteiger partial charge on any atom is 0.175 e. The summed E-state index contributed by atoms with van der Waals surface area (Å²) in [6.07, 6.45) is 7.83. The summed E-state index contributed by atoms with van der Waals surface area (Å²) < 4.78 is 1.74. The van der Waals surface area contributed by atoms with Crippen LogP contribution >= 0.6 is 0 Å². The van der Waals surface area contributed by atoms with E-state index in [1.807, 2.05) is 18.1 Å². The molecule has 0 amide bonds. The molecule has 0 N–H and O–H groups in total. The SMILES string of the molecule is Cc1ccc(C#CC2CC2)cc1N(C)c1cn(Cc2ncccn2)nn1. The molecule has 0 unspecified atom stereocenters. The summed E-state index contributed by atoms with van der Waals surface area (Å²) in [7, 11) is 1.99. The molecule has 1 aromatic carbocycles. The Kier molecular flexibility index (Phi) is 4.36. The number of nitrogens with zero attached hydrogens (tertiary/aromatic N) is 6. The van der Waals surface area contributed by atoms with Gasteiger partial charge in [-0.25, -0.2) is 14.6 Å². The van der Waals surface area contributed by atoms with Gasteiger partial charge in [0.1, 0.15) is 12.4 Å². The van der Waals surface area contributed by atoms with E-state index in [2.05, 4.69) is 57.2 Å². The number of aromatic nitrogens is 5. The lowest BCUT2D eigenvalue weighted by Gasteiger charge is -2.18. The van der Waals surface area contributed by atoms with Crippen molar-refractivity contribution in [1.82, 2.24) is 25.0 Å². The van der Waals surface area contributed by atoms with Crippen molar-refractivity contribution >= 4 is 11.5 Å². The van der Waals surface area contributed by atoms with Gasteiger partial charge in [-0.1, -0.05) is 23.1 Å². The largest absolute Gasteiger partial charge is 0.326 e. The quantitative estimate of drug-likeness (QED) is 0.681. The van der Waals surface area contributed by atoms with Crippen LogP contribution in [-0.2, 0) is 6.54 Å². The molecular formula is C20H20N6. The van der Waals surface area contributed by atoms with E-state index >= 15 is 0 Å². The fourth-order valence-corrected chi connectivity index (χ4v) is 2.66. The minimum absolute atomic E-state index is 0.494. The van der Waals surface area contributed by atoms with Crippen LogP contribution in [0.2, 0.25) is 0 Å². The molecule has 0 atom stereocenters. The smallest absolute Gasteiger partial charge is 0.175 e. The second-order valence-corrected chi connectivity index (χ2v) is 6.54. The third-order valence-electron chi connectivity index (χ3n) is 4.36. The Hall–Kier alpha value is -3.20. The molecule has 6 heteroatoms. The van der Waals surface area contributed by atoms with Crippen LogP contribution in [0.25, 0.3) is 0 Å². The average molecular weight is 344 g/mol. The maximum absolute atomic E-state index is 4.29. The van der Waals surface area contributed by atoms with Crippen molar-refractivity contribution in [2.45, 2.75) is 26.3 Å². The summed E-state index contributed by atoms with van der Waals surface area (Å²) in [5, 5.41) is 8.49. The Morgan fingerprint density at radius 1 is 1.23 bits per heavy atom. The Morgan fingerprint density at radius 2 is 2.04 bits per heavy atom. The lowest BCUT2D eigenvalue weighted by atomic mass is 10.1. The summed E-state index contributed by atoms with van der Waals surface area (Å²) in [4.78, 5) is 10.5. The number of anilines is 2. The molecular weight excluding hydrogens is 324 g/mol. The predicted molar refractivity (Wildman–Crippen MR) is 100 cm³/mol. The summed E-state index contributed by atoms with van der Waals surface area (Å²) >= 11 is 0. The van der Waals surface area contributed by atoms with Crippen LogP contribution in [0.5, 0.6) is 0 Å². The molecule has 4 rings (SSSR count). The second kappa shape index (κ2) is 6.96. The first kappa shape index (κ1) is 16.3. The molecule has 1 saturated carbocycles. The molecule has 0 bridgehead atoms. The van der Waals surface area contributed by atoms with Crippen molar-refractivity contribution in [3.8, 4) is 11.8 Å². The van der Waals surface area contributed by atoms with Gasteiger partial charge in [0.2, 0.25) is 0 Å². The highest BCUT2D eigenvalue weighted by molar-refractivity contribution is 5.64. The Morgan fingerprint density at radius 3 is 2.81 bits per heavy atom. The molecule has 6 nitrogen and oxygen atoms in total. The minimum Gasteiger partial charge on any atom is -0.326 e. The van der Waals surface area contributed by atoms with Crippen LogP contribution in [0.1, 0.15) is 29.8 Å². The molecule has 0 spiro atoms. The molecule has 1 fully saturated rings. The van der Waals surface area contributed by atoms with Crippen LogP contribution in [0, 0.1) is 24.7 Å². The van der Waals surface area contributed by atoms with Crippen molar-refractivity contribution in [1.29, 1.82) is 0 Å². The molecule has 1 aliphatic rings. The van der Waals surface area contributed by atoms with E-state index in [4.69, 9.17) is 0 Å². The molecule has 1 aliphatic carbocycles. The topological polar surface area (TPSA) is 59.7 Å². The van der Waals surface area contributed by atoms with Crippen molar-refractivity contribution in [2.75, 3.05) is 11.9 Å². The van der Waals surface area contributed by atoms with E-state index in [1.54, 1.807) is 23.1 Å². The number of benzene rings is 1. The highest BCUT2D eigenvalue weighted by atomic mass is 15.5. The van der Waals surface area contributed by atoms with E-state index in [-0.39, 0.29) is 0 Å². The first-order valence-electron chi connectivity index (χ1n) is 8.71. The fraction of sp³-hybridized carbons (Fsp3) is 0.300. The molecule has 2 aromatic heterocycles. The van der Waals surface area contributed by atoms with Crippen LogP contribution < -0.4 is 4.90 Å². The summed E-state index contributed by atoms with van der Waals surface area (Å²) in [6.45, 7) is 2.58. The van der Waals surface area contributed by atoms with Crippen molar-refractivity contribution < 1.29 is 0 Å². The van der Waals surface area contributed by atoms with E-state index < -0.39 is 0 Å². The number of rotatable bonds is 4. The standard InChI is InChI=1S/C20H20N6/c1-15-4-5-17(9-8-16-6-7-16)12-18(15)25(2)20-14-26(24-23-20)13-19-21-10-3-11-22-19/h3-5,10-12,14,16H,6-7,13H2,1-2H3. The van der Waals surface area contributed by atoms with Gasteiger partial charge >= 0.3 is 0 Å². The van der Waals surface area contributed by atoms with E-state index in [1.165, 1.54) is 18.4 Å². The van der Waals surface area contributed by atoms with Crippen molar-refractivity contribution in [2.24, 2.45) is 5.92 Å². The summed E-state index contributed by atoms with van der Waals surface area (Å²) in [5.41, 5.74) is 3.29. The predicted octanol–water partition coefficient (Wildman–Crippen LogP) is 2.95. The highest BCUT2D eigenvalue weighted by Crippen LogP contribution is 2.29. The Balaban J connectivity index is 1.55. The van der Waals surface area contributed by atoms with Gasteiger partial charge in [0.05, 0.1) is 6.20 Å². The van der Waals surface area contributed by atoms with E-state index in [0.29, 0.717) is 18.3 Å². The third kappa shape index (κ3) is 3.72. The zero-order chi connectivity index (χ0) is 17.9. The van der Waals surface area contributed by atoms with Crippen LogP contribution in [0.15, 0.2) is 42.9 Å². The van der Waals surface area contributed by atoms with Gasteiger partial charge in [-0.05, 0) is 43.5 Å². The normalized spacial score (nSPS) is 13.2. The molecule has 0 saturated heterocycles. The zero-order valence-electron chi connectivity index (χ0n) is 14.9. The van der Waals surface area contributed by atoms with E-state index in [0.717, 1.165) is 17.1 Å². The fourth-order valence-electron chi connectivity index (χ4n) is 2.66. The van der Waals surface area contributed by atoms with Gasteiger partial charge < -0.3 is 4.90 Å². The monoisotopic (exact) mass is 344 g/mol. The van der Waals surface area contributed by atoms with Gasteiger partial charge in [0, 0.05) is 36.6 Å². The maximum atomic E-state index is 4.29. The third-order valence-corrected chi connectivity index (χ3v) is 4.36. The number of aryl methyl sites for hydroxylation is 1. The van der Waals surface area contributed by atoms with Gasteiger partial charge in [-0.2, -0.15) is 0 Å². The van der Waals surface area contributed by atoms with E-state index in [9.17, 15) is 0 Å². The second-order valence-electron chi connectivity index (χ2n) is 6.54. The average Bonchev–Trinajstić information content (AvgIpc) is 3.38. The van der Waals surface area contributed by atoms with Crippen molar-refractivity contribution in [3.05, 3.63) is 59.8 Å². The Bertz CT molecular complexity index is 963. The van der Waals surface area contributed by atoms with Gasteiger partial charge in [0.25, 0.3) is 0 Å². The number of hydrogen-bond donors (Lipinski definition) is 0. The van der Waals surface area contributed by atoms with Gasteiger partial charge in [0.15, 0.2) is 5.82 Å². The zero-order valence-corrected chi connectivity index (χ0v) is 14.9. The molecule has 3 aromatic rings. The summed E-state index contributed by atoms with van der Waals surface area (Å²) in [6, 6.07) is 8.09. The van der Waals surface area contributed by atoms with Crippen LogP contribution in [-0.4, -0.2) is 32.0 Å². The van der Waals surface area contributed by atoms with Gasteiger partial charge in [-0.15, -0.1) is 5.10 Å². The number of hydrogen-bond acceptors (Lipinski definition) is 5. The van der Waals surface area contributed by atoms with Gasteiger partial charge in [-0.3, -0.25) is 0 Å². The highest BCUT2D eigenvalue weighted by Gasteiger charge is 2.18.